The zero-order valence-electron chi connectivity index (χ0n) is 13.9. The summed E-state index contributed by atoms with van der Waals surface area (Å²) in [6.07, 6.45) is 1.19. The fourth-order valence-electron chi connectivity index (χ4n) is 2.09. The van der Waals surface area contributed by atoms with Crippen LogP contribution in [0.3, 0.4) is 0 Å². The van der Waals surface area contributed by atoms with E-state index in [0.717, 1.165) is 13.0 Å². The van der Waals surface area contributed by atoms with E-state index < -0.39 is 0 Å². The van der Waals surface area contributed by atoms with Gasteiger partial charge in [0.25, 0.3) is 0 Å². The molecule has 1 aromatic heterocycles. The van der Waals surface area contributed by atoms with Crippen molar-refractivity contribution in [3.63, 3.8) is 0 Å². The van der Waals surface area contributed by atoms with E-state index in [2.05, 4.69) is 15.4 Å². The van der Waals surface area contributed by atoms with Gasteiger partial charge in [0.2, 0.25) is 5.91 Å². The van der Waals surface area contributed by atoms with Gasteiger partial charge in [-0.2, -0.15) is 0 Å². The minimum Gasteiger partial charge on any atom is -0.494 e. The first-order valence-electron chi connectivity index (χ1n) is 7.83. The Morgan fingerprint density at radius 1 is 1.33 bits per heavy atom. The second kappa shape index (κ2) is 9.02. The van der Waals surface area contributed by atoms with Crippen molar-refractivity contribution < 1.29 is 18.4 Å². The molecule has 0 saturated heterocycles. The van der Waals surface area contributed by atoms with Gasteiger partial charge in [-0.25, -0.2) is 4.39 Å². The fraction of sp³-hybridized carbons (Fsp3) is 0.412. The monoisotopic (exact) mass is 335 g/mol. The van der Waals surface area contributed by atoms with Crippen LogP contribution in [-0.4, -0.2) is 42.7 Å². The summed E-state index contributed by atoms with van der Waals surface area (Å²) in [6, 6.07) is 7.63. The molecule has 0 saturated carbocycles. The van der Waals surface area contributed by atoms with Crippen molar-refractivity contribution in [2.45, 2.75) is 19.8 Å². The molecule has 6 nitrogen and oxygen atoms in total. The van der Waals surface area contributed by atoms with Crippen LogP contribution in [0.25, 0.3) is 0 Å². The number of hydrogen-bond acceptors (Lipinski definition) is 5. The summed E-state index contributed by atoms with van der Waals surface area (Å²) in [5, 5.41) is 6.40. The van der Waals surface area contributed by atoms with Crippen LogP contribution in [0.1, 0.15) is 18.6 Å². The number of carbonyl (C=O) groups excluding carboxylic acids is 1. The largest absolute Gasteiger partial charge is 0.494 e. The minimum atomic E-state index is -0.277. The maximum Gasteiger partial charge on any atom is 0.226 e. The van der Waals surface area contributed by atoms with Gasteiger partial charge in [0.05, 0.1) is 6.61 Å². The molecule has 7 heteroatoms. The minimum absolute atomic E-state index is 0.0993. The molecule has 2 aromatic rings. The summed E-state index contributed by atoms with van der Waals surface area (Å²) in [5.74, 6) is 1.37. The predicted octanol–water partition coefficient (Wildman–Crippen LogP) is 2.85. The topological polar surface area (TPSA) is 67.6 Å². The SMILES string of the molecule is Cc1cc(NC(=O)CCN(C)CCCOc2ccc(F)cc2)no1. The Bertz CT molecular complexity index is 643. The van der Waals surface area contributed by atoms with E-state index in [4.69, 9.17) is 9.26 Å². The number of anilines is 1. The molecule has 0 fully saturated rings. The Balaban J connectivity index is 1.56. The third kappa shape index (κ3) is 6.37. The van der Waals surface area contributed by atoms with Crippen LogP contribution in [0.2, 0.25) is 0 Å². The summed E-state index contributed by atoms with van der Waals surface area (Å²) in [6.45, 7) is 3.75. The second-order valence-corrected chi connectivity index (χ2v) is 5.58. The van der Waals surface area contributed by atoms with E-state index in [0.29, 0.717) is 36.9 Å². The molecule has 0 spiro atoms. The van der Waals surface area contributed by atoms with Gasteiger partial charge in [0, 0.05) is 25.6 Å². The number of hydrogen-bond donors (Lipinski definition) is 1. The fourth-order valence-corrected chi connectivity index (χ4v) is 2.09. The van der Waals surface area contributed by atoms with Gasteiger partial charge in [-0.05, 0) is 44.7 Å². The number of aryl methyl sites for hydroxylation is 1. The number of benzene rings is 1. The van der Waals surface area contributed by atoms with E-state index in [1.54, 1.807) is 25.1 Å². The van der Waals surface area contributed by atoms with E-state index in [1.165, 1.54) is 12.1 Å². The molecule has 1 amide bonds. The Kier molecular flexibility index (Phi) is 6.74. The molecule has 0 aliphatic heterocycles. The standard InChI is InChI=1S/C17H22FN3O3/c1-13-12-16(20-24-13)19-17(22)8-10-21(2)9-3-11-23-15-6-4-14(18)5-7-15/h4-7,12H,3,8-11H2,1-2H3,(H,19,20,22). The van der Waals surface area contributed by atoms with E-state index in [1.807, 2.05) is 7.05 Å². The first kappa shape index (κ1) is 17.9. The molecule has 2 rings (SSSR count). The Morgan fingerprint density at radius 3 is 2.75 bits per heavy atom. The van der Waals surface area contributed by atoms with Crippen molar-refractivity contribution in [1.82, 2.24) is 10.1 Å². The van der Waals surface area contributed by atoms with Gasteiger partial charge >= 0.3 is 0 Å². The first-order valence-corrected chi connectivity index (χ1v) is 7.83. The summed E-state index contributed by atoms with van der Waals surface area (Å²) in [7, 11) is 1.95. The highest BCUT2D eigenvalue weighted by Gasteiger charge is 2.07. The van der Waals surface area contributed by atoms with Gasteiger partial charge in [-0.3, -0.25) is 4.79 Å². The number of halogens is 1. The lowest BCUT2D eigenvalue weighted by Crippen LogP contribution is -2.26. The summed E-state index contributed by atoms with van der Waals surface area (Å²) in [4.78, 5) is 13.9. The number of amides is 1. The quantitative estimate of drug-likeness (QED) is 0.714. The van der Waals surface area contributed by atoms with Crippen LogP contribution in [-0.2, 0) is 4.79 Å². The van der Waals surface area contributed by atoms with Crippen LogP contribution in [0, 0.1) is 12.7 Å². The number of carbonyl (C=O) groups is 1. The zero-order valence-corrected chi connectivity index (χ0v) is 13.9. The van der Waals surface area contributed by atoms with Gasteiger partial charge in [-0.15, -0.1) is 0 Å². The van der Waals surface area contributed by atoms with Crippen LogP contribution in [0.4, 0.5) is 10.2 Å². The highest BCUT2D eigenvalue weighted by Crippen LogP contribution is 2.11. The van der Waals surface area contributed by atoms with Crippen LogP contribution < -0.4 is 10.1 Å². The second-order valence-electron chi connectivity index (χ2n) is 5.58. The molecule has 0 bridgehead atoms. The lowest BCUT2D eigenvalue weighted by molar-refractivity contribution is -0.116. The average Bonchev–Trinajstić information content (AvgIpc) is 2.96. The highest BCUT2D eigenvalue weighted by atomic mass is 19.1. The summed E-state index contributed by atoms with van der Waals surface area (Å²) in [5.41, 5.74) is 0. The number of nitrogens with zero attached hydrogens (tertiary/aromatic N) is 2. The smallest absolute Gasteiger partial charge is 0.226 e. The molecule has 0 aliphatic rings. The number of rotatable bonds is 9. The van der Waals surface area contributed by atoms with Crippen LogP contribution in [0.15, 0.2) is 34.9 Å². The van der Waals surface area contributed by atoms with Crippen LogP contribution >= 0.6 is 0 Å². The van der Waals surface area contributed by atoms with E-state index in [-0.39, 0.29) is 11.7 Å². The Morgan fingerprint density at radius 2 is 2.08 bits per heavy atom. The van der Waals surface area contributed by atoms with Crippen molar-refractivity contribution in [3.05, 3.63) is 41.9 Å². The predicted molar refractivity (Wildman–Crippen MR) is 88.5 cm³/mol. The number of ether oxygens (including phenoxy) is 1. The summed E-state index contributed by atoms with van der Waals surface area (Å²) < 4.78 is 23.2. The number of nitrogens with one attached hydrogen (secondary N) is 1. The molecule has 130 valence electrons. The molecular formula is C17H22FN3O3. The van der Waals surface area contributed by atoms with Crippen molar-refractivity contribution >= 4 is 11.7 Å². The molecule has 0 atom stereocenters. The first-order chi connectivity index (χ1) is 11.5. The van der Waals surface area contributed by atoms with Crippen molar-refractivity contribution in [2.75, 3.05) is 32.1 Å². The lowest BCUT2D eigenvalue weighted by Gasteiger charge is -2.16. The average molecular weight is 335 g/mol. The van der Waals surface area contributed by atoms with Crippen molar-refractivity contribution in [2.24, 2.45) is 0 Å². The maximum atomic E-state index is 12.8. The van der Waals surface area contributed by atoms with Gasteiger partial charge in [0.15, 0.2) is 5.82 Å². The van der Waals surface area contributed by atoms with E-state index in [9.17, 15) is 9.18 Å². The van der Waals surface area contributed by atoms with Gasteiger partial charge in [0.1, 0.15) is 17.3 Å². The molecule has 1 aromatic carbocycles. The molecule has 0 aliphatic carbocycles. The summed E-state index contributed by atoms with van der Waals surface area (Å²) >= 11 is 0. The van der Waals surface area contributed by atoms with Gasteiger partial charge < -0.3 is 19.5 Å². The normalized spacial score (nSPS) is 10.8. The maximum absolute atomic E-state index is 12.8. The van der Waals surface area contributed by atoms with E-state index >= 15 is 0 Å². The molecule has 0 unspecified atom stereocenters. The molecular weight excluding hydrogens is 313 g/mol. The van der Waals surface area contributed by atoms with Crippen molar-refractivity contribution in [1.29, 1.82) is 0 Å². The molecule has 1 N–H and O–H groups in total. The molecule has 24 heavy (non-hydrogen) atoms. The third-order valence-electron chi connectivity index (χ3n) is 3.38. The lowest BCUT2D eigenvalue weighted by atomic mass is 10.3. The highest BCUT2D eigenvalue weighted by molar-refractivity contribution is 5.89. The Hall–Kier alpha value is -2.41. The van der Waals surface area contributed by atoms with Crippen LogP contribution in [0.5, 0.6) is 5.75 Å². The molecule has 0 radical (unpaired) electrons. The molecule has 1 heterocycles. The zero-order chi connectivity index (χ0) is 17.4. The Labute approximate surface area is 140 Å². The van der Waals surface area contributed by atoms with Gasteiger partial charge in [-0.1, -0.05) is 5.16 Å². The van der Waals surface area contributed by atoms with Crippen molar-refractivity contribution in [3.8, 4) is 5.75 Å². The number of aromatic nitrogens is 1. The third-order valence-corrected chi connectivity index (χ3v) is 3.38.